The van der Waals surface area contributed by atoms with Gasteiger partial charge in [0.2, 0.25) is 6.08 Å². The van der Waals surface area contributed by atoms with Gasteiger partial charge in [0.25, 0.3) is 0 Å². The van der Waals surface area contributed by atoms with Crippen LogP contribution in [-0.4, -0.2) is 24.7 Å². The van der Waals surface area contributed by atoms with Crippen molar-refractivity contribution in [2.45, 2.75) is 33.2 Å². The van der Waals surface area contributed by atoms with Gasteiger partial charge in [-0.2, -0.15) is 0 Å². The van der Waals surface area contributed by atoms with Crippen LogP contribution in [-0.2, 0) is 14.3 Å². The van der Waals surface area contributed by atoms with E-state index in [9.17, 15) is 4.79 Å². The van der Waals surface area contributed by atoms with E-state index in [1.807, 2.05) is 13.8 Å². The van der Waals surface area contributed by atoms with Crippen LogP contribution in [0, 0.1) is 11.3 Å². The maximum absolute atomic E-state index is 10.9. The van der Waals surface area contributed by atoms with Crippen LogP contribution in [0.3, 0.4) is 0 Å². The molecule has 0 aliphatic carbocycles. The van der Waals surface area contributed by atoms with Gasteiger partial charge in [-0.25, -0.2) is 10.2 Å². The summed E-state index contributed by atoms with van der Waals surface area (Å²) in [5, 5.41) is 5.40. The van der Waals surface area contributed by atoms with Crippen molar-refractivity contribution in [2.24, 2.45) is 11.7 Å². The summed E-state index contributed by atoms with van der Waals surface area (Å²) in [6.07, 6.45) is 1.44. The number of nitrogens with two attached hydrogens (primary N) is 1. The van der Waals surface area contributed by atoms with Gasteiger partial charge in [0.15, 0.2) is 0 Å². The maximum atomic E-state index is 10.9. The summed E-state index contributed by atoms with van der Waals surface area (Å²) in [4.78, 5) is 19.3. The molecule has 0 saturated carbocycles. The normalized spacial score (nSPS) is 10.9. The molecule has 14 heavy (non-hydrogen) atoms. The summed E-state index contributed by atoms with van der Waals surface area (Å²) < 4.78 is 4.74. The minimum Gasteiger partial charge on any atom is -0.465 e. The van der Waals surface area contributed by atoms with E-state index in [1.54, 1.807) is 6.92 Å². The van der Waals surface area contributed by atoms with E-state index >= 15 is 0 Å². The third-order valence-corrected chi connectivity index (χ3v) is 1.31. The summed E-state index contributed by atoms with van der Waals surface area (Å²) in [7, 11) is 0. The minimum atomic E-state index is -0.449. The van der Waals surface area contributed by atoms with Crippen molar-refractivity contribution in [2.75, 3.05) is 6.61 Å². The molecule has 0 bridgehead atoms. The molecule has 0 aliphatic rings. The molecule has 5 nitrogen and oxygen atoms in total. The molecular weight excluding hydrogens is 184 g/mol. The number of esters is 1. The van der Waals surface area contributed by atoms with E-state index < -0.39 is 6.04 Å². The molecule has 82 valence electrons. The number of rotatable bonds is 4. The van der Waals surface area contributed by atoms with Gasteiger partial charge in [-0.1, -0.05) is 13.8 Å². The topological polar surface area (TPSA) is 93.2 Å². The summed E-state index contributed by atoms with van der Waals surface area (Å²) in [5.74, 6) is 0.149. The Morgan fingerprint density at radius 3 is 2.29 bits per heavy atom. The molecule has 3 N–H and O–H groups in total. The van der Waals surface area contributed by atoms with Crippen LogP contribution in [0.4, 0.5) is 0 Å². The quantitative estimate of drug-likeness (QED) is 0.401. The van der Waals surface area contributed by atoms with Crippen molar-refractivity contribution >= 4 is 12.0 Å². The lowest BCUT2D eigenvalue weighted by Gasteiger charge is -2.11. The first-order chi connectivity index (χ1) is 6.49. The van der Waals surface area contributed by atoms with Gasteiger partial charge in [0, 0.05) is 0 Å². The third-order valence-electron chi connectivity index (χ3n) is 1.31. The molecule has 0 aromatic carbocycles. The lowest BCUT2D eigenvalue weighted by atomic mass is 10.1. The molecule has 0 aromatic rings. The predicted molar refractivity (Wildman–Crippen MR) is 52.5 cm³/mol. The summed E-state index contributed by atoms with van der Waals surface area (Å²) >= 11 is 0. The monoisotopic (exact) mass is 202 g/mol. The first kappa shape index (κ1) is 15.3. The highest BCUT2D eigenvalue weighted by Gasteiger charge is 2.15. The molecule has 5 heteroatoms. The second kappa shape index (κ2) is 9.89. The van der Waals surface area contributed by atoms with Gasteiger partial charge in [-0.15, -0.1) is 0 Å². The van der Waals surface area contributed by atoms with E-state index in [0.29, 0.717) is 18.9 Å². The summed E-state index contributed by atoms with van der Waals surface area (Å²) in [5.41, 5.74) is 5.53. The van der Waals surface area contributed by atoms with Crippen LogP contribution in [0.2, 0.25) is 0 Å². The smallest absolute Gasteiger partial charge is 0.322 e. The van der Waals surface area contributed by atoms with Crippen molar-refractivity contribution in [1.29, 1.82) is 5.41 Å². The number of isocyanates is 1. The molecule has 0 spiro atoms. The molecule has 1 atom stereocenters. The van der Waals surface area contributed by atoms with Gasteiger partial charge in [0.1, 0.15) is 6.04 Å². The Kier molecular flexibility index (Phi) is 10.8. The zero-order valence-electron chi connectivity index (χ0n) is 8.87. The van der Waals surface area contributed by atoms with Gasteiger partial charge in [0.05, 0.1) is 6.61 Å². The fraction of sp³-hybridized carbons (Fsp3) is 0.778. The fourth-order valence-corrected chi connectivity index (χ4v) is 0.853. The van der Waals surface area contributed by atoms with E-state index in [-0.39, 0.29) is 5.97 Å². The Balaban J connectivity index is 0. The second-order valence-corrected chi connectivity index (χ2v) is 3.09. The Labute approximate surface area is 84.1 Å². The zero-order valence-corrected chi connectivity index (χ0v) is 8.87. The maximum Gasteiger partial charge on any atom is 0.322 e. The Bertz CT molecular complexity index is 186. The molecule has 0 rings (SSSR count). The molecule has 0 radical (unpaired) electrons. The summed E-state index contributed by atoms with van der Waals surface area (Å²) in [6, 6.07) is -0.449. The molecular formula is C9H18N2O3. The van der Waals surface area contributed by atoms with Crippen LogP contribution in [0.15, 0.2) is 0 Å². The lowest BCUT2D eigenvalue weighted by Crippen LogP contribution is -2.33. The fourth-order valence-electron chi connectivity index (χ4n) is 0.853. The average Bonchev–Trinajstić information content (AvgIpc) is 2.04. The number of ether oxygens (including phenoxy) is 1. The molecule has 0 saturated heterocycles. The van der Waals surface area contributed by atoms with E-state index in [4.69, 9.17) is 20.7 Å². The van der Waals surface area contributed by atoms with Gasteiger partial charge in [-0.3, -0.25) is 4.79 Å². The Morgan fingerprint density at radius 2 is 2.00 bits per heavy atom. The number of carbonyl (C=O) groups is 1. The van der Waals surface area contributed by atoms with Crippen LogP contribution < -0.4 is 5.73 Å². The van der Waals surface area contributed by atoms with Crippen molar-refractivity contribution in [3.8, 4) is 0 Å². The van der Waals surface area contributed by atoms with Crippen LogP contribution in [0.1, 0.15) is 27.2 Å². The van der Waals surface area contributed by atoms with Crippen LogP contribution in [0.25, 0.3) is 0 Å². The van der Waals surface area contributed by atoms with Crippen LogP contribution >= 0.6 is 0 Å². The van der Waals surface area contributed by atoms with Crippen molar-refractivity contribution in [1.82, 2.24) is 0 Å². The largest absolute Gasteiger partial charge is 0.465 e. The first-order valence-electron chi connectivity index (χ1n) is 4.45. The predicted octanol–water partition coefficient (Wildman–Crippen LogP) is 0.824. The molecule has 0 unspecified atom stereocenters. The van der Waals surface area contributed by atoms with E-state index in [1.165, 1.54) is 0 Å². The molecule has 0 aliphatic heterocycles. The van der Waals surface area contributed by atoms with E-state index in [0.717, 1.165) is 6.08 Å². The van der Waals surface area contributed by atoms with E-state index in [2.05, 4.69) is 0 Å². The number of carbonyl (C=O) groups excluding carboxylic acids is 2. The standard InChI is InChI=1S/C8H17NO2.CHNO/c1-4-11-8(10)7(9)5-6(2)3;2-1-3/h6-7H,4-5,9H2,1-3H3;2H/t7-;/m0./s1. The second-order valence-electron chi connectivity index (χ2n) is 3.09. The van der Waals surface area contributed by atoms with Crippen molar-refractivity contribution < 1.29 is 14.3 Å². The van der Waals surface area contributed by atoms with Crippen molar-refractivity contribution in [3.05, 3.63) is 0 Å². The van der Waals surface area contributed by atoms with Gasteiger partial charge < -0.3 is 10.5 Å². The lowest BCUT2D eigenvalue weighted by molar-refractivity contribution is -0.145. The Hall–Kier alpha value is -1.19. The van der Waals surface area contributed by atoms with Gasteiger partial charge >= 0.3 is 5.97 Å². The zero-order chi connectivity index (χ0) is 11.6. The van der Waals surface area contributed by atoms with Crippen LogP contribution in [0.5, 0.6) is 0 Å². The third kappa shape index (κ3) is 10.8. The number of hydrogen-bond donors (Lipinski definition) is 2. The molecule has 0 amide bonds. The highest BCUT2D eigenvalue weighted by molar-refractivity contribution is 5.75. The average molecular weight is 202 g/mol. The number of hydrogen-bond acceptors (Lipinski definition) is 5. The van der Waals surface area contributed by atoms with Gasteiger partial charge in [-0.05, 0) is 19.3 Å². The molecule has 0 aromatic heterocycles. The SMILES string of the molecule is CCOC(=O)[C@@H](N)CC(C)C.N=C=O. The minimum absolute atomic E-state index is 0.291. The van der Waals surface area contributed by atoms with Crippen molar-refractivity contribution in [3.63, 3.8) is 0 Å². The molecule has 0 fully saturated rings. The highest BCUT2D eigenvalue weighted by Crippen LogP contribution is 2.03. The Morgan fingerprint density at radius 1 is 1.57 bits per heavy atom. The highest BCUT2D eigenvalue weighted by atomic mass is 16.5. The first-order valence-corrected chi connectivity index (χ1v) is 4.45. The number of nitrogens with one attached hydrogen (secondary N) is 1. The summed E-state index contributed by atoms with van der Waals surface area (Å²) in [6.45, 7) is 6.24. The molecule has 0 heterocycles.